The first-order valence-electron chi connectivity index (χ1n) is 5.57. The molecule has 0 fully saturated rings. The molecular formula is C12H15ClN2O2S. The quantitative estimate of drug-likeness (QED) is 0.835. The average molecular weight is 287 g/mol. The smallest absolute Gasteiger partial charge is 0.207 e. The number of hydrogen-bond donors (Lipinski definition) is 0. The van der Waals surface area contributed by atoms with E-state index in [1.165, 1.54) is 16.4 Å². The SMILES string of the molecule is CCN(CC(C)C#N)S(=O)(=O)c1ccccc1Cl. The molecule has 0 saturated heterocycles. The summed E-state index contributed by atoms with van der Waals surface area (Å²) in [5.74, 6) is -0.359. The topological polar surface area (TPSA) is 61.2 Å². The molecule has 0 aromatic heterocycles. The van der Waals surface area contributed by atoms with Gasteiger partial charge >= 0.3 is 0 Å². The first-order valence-corrected chi connectivity index (χ1v) is 7.39. The number of nitrogens with zero attached hydrogens (tertiary/aromatic N) is 2. The van der Waals surface area contributed by atoms with Crippen molar-refractivity contribution in [3.05, 3.63) is 29.3 Å². The maximum absolute atomic E-state index is 12.4. The molecule has 18 heavy (non-hydrogen) atoms. The van der Waals surface area contributed by atoms with Crippen molar-refractivity contribution in [1.82, 2.24) is 4.31 Å². The molecule has 98 valence electrons. The van der Waals surface area contributed by atoms with Crippen LogP contribution in [0.3, 0.4) is 0 Å². The Morgan fingerprint density at radius 1 is 1.44 bits per heavy atom. The summed E-state index contributed by atoms with van der Waals surface area (Å²) in [5.41, 5.74) is 0. The second-order valence-electron chi connectivity index (χ2n) is 3.92. The van der Waals surface area contributed by atoms with Gasteiger partial charge in [0.25, 0.3) is 0 Å². The third-order valence-corrected chi connectivity index (χ3v) is 4.95. The van der Waals surface area contributed by atoms with Crippen molar-refractivity contribution >= 4 is 21.6 Å². The molecule has 0 spiro atoms. The average Bonchev–Trinajstić information content (AvgIpc) is 2.35. The maximum Gasteiger partial charge on any atom is 0.244 e. The molecule has 1 aromatic rings. The van der Waals surface area contributed by atoms with Crippen LogP contribution in [0.2, 0.25) is 5.02 Å². The number of halogens is 1. The van der Waals surface area contributed by atoms with Crippen molar-refractivity contribution in [1.29, 1.82) is 5.26 Å². The lowest BCUT2D eigenvalue weighted by molar-refractivity contribution is 0.400. The van der Waals surface area contributed by atoms with Crippen LogP contribution in [0.5, 0.6) is 0 Å². The third-order valence-electron chi connectivity index (χ3n) is 2.51. The molecule has 0 N–H and O–H groups in total. The lowest BCUT2D eigenvalue weighted by Crippen LogP contribution is -2.34. The predicted molar refractivity (Wildman–Crippen MR) is 70.7 cm³/mol. The second-order valence-corrected chi connectivity index (χ2v) is 6.23. The highest BCUT2D eigenvalue weighted by Crippen LogP contribution is 2.24. The van der Waals surface area contributed by atoms with Crippen LogP contribution in [0.15, 0.2) is 29.2 Å². The van der Waals surface area contributed by atoms with E-state index in [1.807, 2.05) is 6.07 Å². The maximum atomic E-state index is 12.4. The number of sulfonamides is 1. The summed E-state index contributed by atoms with van der Waals surface area (Å²) < 4.78 is 26.0. The molecule has 1 rings (SSSR count). The lowest BCUT2D eigenvalue weighted by atomic mass is 10.2. The Kier molecular flexibility index (Phi) is 5.15. The molecular weight excluding hydrogens is 272 g/mol. The van der Waals surface area contributed by atoms with Gasteiger partial charge in [0.05, 0.1) is 17.0 Å². The highest BCUT2D eigenvalue weighted by Gasteiger charge is 2.26. The van der Waals surface area contributed by atoms with Crippen LogP contribution >= 0.6 is 11.6 Å². The van der Waals surface area contributed by atoms with Gasteiger partial charge in [-0.3, -0.25) is 0 Å². The first kappa shape index (κ1) is 15.0. The van der Waals surface area contributed by atoms with E-state index >= 15 is 0 Å². The van der Waals surface area contributed by atoms with Crippen LogP contribution in [-0.4, -0.2) is 25.8 Å². The molecule has 0 radical (unpaired) electrons. The zero-order chi connectivity index (χ0) is 13.8. The van der Waals surface area contributed by atoms with Gasteiger partial charge in [-0.05, 0) is 19.1 Å². The zero-order valence-electron chi connectivity index (χ0n) is 10.3. The third kappa shape index (κ3) is 3.22. The Labute approximate surface area is 113 Å². The van der Waals surface area contributed by atoms with E-state index in [9.17, 15) is 8.42 Å². The van der Waals surface area contributed by atoms with Gasteiger partial charge in [-0.1, -0.05) is 30.7 Å². The van der Waals surface area contributed by atoms with Crippen molar-refractivity contribution in [2.75, 3.05) is 13.1 Å². The van der Waals surface area contributed by atoms with Crippen LogP contribution in [-0.2, 0) is 10.0 Å². The van der Waals surface area contributed by atoms with Gasteiger partial charge in [-0.25, -0.2) is 8.42 Å². The van der Waals surface area contributed by atoms with Crippen LogP contribution in [0.1, 0.15) is 13.8 Å². The molecule has 0 aliphatic carbocycles. The van der Waals surface area contributed by atoms with Gasteiger partial charge in [-0.2, -0.15) is 9.57 Å². The number of benzene rings is 1. The van der Waals surface area contributed by atoms with E-state index in [-0.39, 0.29) is 22.4 Å². The van der Waals surface area contributed by atoms with Crippen molar-refractivity contribution in [2.45, 2.75) is 18.7 Å². The van der Waals surface area contributed by atoms with Gasteiger partial charge < -0.3 is 0 Å². The number of hydrogen-bond acceptors (Lipinski definition) is 3. The molecule has 0 amide bonds. The highest BCUT2D eigenvalue weighted by atomic mass is 35.5. The van der Waals surface area contributed by atoms with E-state index < -0.39 is 10.0 Å². The van der Waals surface area contributed by atoms with Crippen molar-refractivity contribution < 1.29 is 8.42 Å². The highest BCUT2D eigenvalue weighted by molar-refractivity contribution is 7.89. The monoisotopic (exact) mass is 286 g/mol. The van der Waals surface area contributed by atoms with Gasteiger partial charge in [0.2, 0.25) is 10.0 Å². The van der Waals surface area contributed by atoms with E-state index in [0.29, 0.717) is 6.54 Å². The molecule has 1 unspecified atom stereocenters. The van der Waals surface area contributed by atoms with Gasteiger partial charge in [0, 0.05) is 13.1 Å². The fraction of sp³-hybridized carbons (Fsp3) is 0.417. The van der Waals surface area contributed by atoms with Crippen molar-refractivity contribution in [3.8, 4) is 6.07 Å². The molecule has 0 aliphatic rings. The fourth-order valence-corrected chi connectivity index (χ4v) is 3.57. The molecule has 1 aromatic carbocycles. The van der Waals surface area contributed by atoms with E-state index in [1.54, 1.807) is 26.0 Å². The van der Waals surface area contributed by atoms with Gasteiger partial charge in [0.1, 0.15) is 4.90 Å². The standard InChI is InChI=1S/C12H15ClN2O2S/c1-3-15(9-10(2)8-14)18(16,17)12-7-5-4-6-11(12)13/h4-7,10H,3,9H2,1-2H3. The minimum atomic E-state index is -3.64. The first-order chi connectivity index (χ1) is 8.43. The van der Waals surface area contributed by atoms with Crippen molar-refractivity contribution in [3.63, 3.8) is 0 Å². The van der Waals surface area contributed by atoms with E-state index in [0.717, 1.165) is 0 Å². The molecule has 0 aliphatic heterocycles. The second kappa shape index (κ2) is 6.19. The Morgan fingerprint density at radius 2 is 2.06 bits per heavy atom. The van der Waals surface area contributed by atoms with Crippen LogP contribution in [0.4, 0.5) is 0 Å². The summed E-state index contributed by atoms with van der Waals surface area (Å²) in [4.78, 5) is 0.0821. The van der Waals surface area contributed by atoms with Gasteiger partial charge in [0.15, 0.2) is 0 Å². The lowest BCUT2D eigenvalue weighted by Gasteiger charge is -2.21. The van der Waals surface area contributed by atoms with E-state index in [2.05, 4.69) is 0 Å². The minimum Gasteiger partial charge on any atom is -0.207 e. The number of rotatable bonds is 5. The van der Waals surface area contributed by atoms with Crippen LogP contribution in [0.25, 0.3) is 0 Å². The number of nitriles is 1. The van der Waals surface area contributed by atoms with Gasteiger partial charge in [-0.15, -0.1) is 0 Å². The Balaban J connectivity index is 3.13. The van der Waals surface area contributed by atoms with Crippen LogP contribution in [0, 0.1) is 17.2 Å². The fourth-order valence-electron chi connectivity index (χ4n) is 1.54. The zero-order valence-corrected chi connectivity index (χ0v) is 11.9. The van der Waals surface area contributed by atoms with Crippen molar-refractivity contribution in [2.24, 2.45) is 5.92 Å². The molecule has 1 atom stereocenters. The summed E-state index contributed by atoms with van der Waals surface area (Å²) in [6.07, 6.45) is 0. The summed E-state index contributed by atoms with van der Waals surface area (Å²) in [7, 11) is -3.64. The summed E-state index contributed by atoms with van der Waals surface area (Å²) in [6.45, 7) is 3.89. The minimum absolute atomic E-state index is 0.0821. The summed E-state index contributed by atoms with van der Waals surface area (Å²) >= 11 is 5.91. The molecule has 6 heteroatoms. The van der Waals surface area contributed by atoms with Crippen LogP contribution < -0.4 is 0 Å². The summed E-state index contributed by atoms with van der Waals surface area (Å²) in [6, 6.07) is 8.34. The Hall–Kier alpha value is -1.09. The largest absolute Gasteiger partial charge is 0.244 e. The molecule has 0 bridgehead atoms. The molecule has 0 saturated carbocycles. The Bertz CT molecular complexity index is 551. The normalized spacial score (nSPS) is 13.3. The summed E-state index contributed by atoms with van der Waals surface area (Å²) in [5, 5.41) is 8.97. The predicted octanol–water partition coefficient (Wildman–Crippen LogP) is 2.51. The van der Waals surface area contributed by atoms with E-state index in [4.69, 9.17) is 16.9 Å². The molecule has 0 heterocycles. The Morgan fingerprint density at radius 3 is 2.56 bits per heavy atom. The molecule has 4 nitrogen and oxygen atoms in total.